The summed E-state index contributed by atoms with van der Waals surface area (Å²) in [7, 11) is 4.05. The third-order valence-corrected chi connectivity index (χ3v) is 3.48. The molecule has 0 saturated heterocycles. The van der Waals surface area contributed by atoms with Crippen molar-refractivity contribution in [2.24, 2.45) is 0 Å². The summed E-state index contributed by atoms with van der Waals surface area (Å²) in [6.07, 6.45) is 1.58. The van der Waals surface area contributed by atoms with Crippen molar-refractivity contribution in [3.63, 3.8) is 0 Å². The van der Waals surface area contributed by atoms with Gasteiger partial charge >= 0.3 is 0 Å². The van der Waals surface area contributed by atoms with E-state index in [1.54, 1.807) is 0 Å². The van der Waals surface area contributed by atoms with Gasteiger partial charge in [-0.05, 0) is 41.0 Å². The number of anilines is 1. The van der Waals surface area contributed by atoms with Crippen molar-refractivity contribution in [2.45, 2.75) is 12.8 Å². The zero-order valence-corrected chi connectivity index (χ0v) is 10.2. The number of carbonyl (C=O) groups excluding carboxylic acids is 1. The smallest absolute Gasteiger partial charge is 0.163 e. The van der Waals surface area contributed by atoms with Gasteiger partial charge in [-0.15, -0.1) is 0 Å². The molecule has 0 spiro atoms. The SMILES string of the molecule is CN(C)c1ccc2cc3c(cc2c1)C(=O)CC3. The maximum absolute atomic E-state index is 11.7. The van der Waals surface area contributed by atoms with Gasteiger partial charge in [-0.1, -0.05) is 12.1 Å². The highest BCUT2D eigenvalue weighted by Crippen LogP contribution is 2.29. The molecule has 0 unspecified atom stereocenters. The molecule has 2 heteroatoms. The average molecular weight is 225 g/mol. The molecule has 0 radical (unpaired) electrons. The molecule has 0 N–H and O–H groups in total. The van der Waals surface area contributed by atoms with Gasteiger partial charge in [-0.3, -0.25) is 4.79 Å². The maximum atomic E-state index is 11.7. The summed E-state index contributed by atoms with van der Waals surface area (Å²) >= 11 is 0. The first-order valence-electron chi connectivity index (χ1n) is 5.92. The lowest BCUT2D eigenvalue weighted by Gasteiger charge is -2.13. The van der Waals surface area contributed by atoms with Crippen LogP contribution in [0.3, 0.4) is 0 Å². The van der Waals surface area contributed by atoms with Crippen LogP contribution in [0.4, 0.5) is 5.69 Å². The van der Waals surface area contributed by atoms with E-state index in [2.05, 4.69) is 29.2 Å². The predicted octanol–water partition coefficient (Wildman–Crippen LogP) is 3.03. The van der Waals surface area contributed by atoms with Crippen molar-refractivity contribution in [1.29, 1.82) is 0 Å². The number of fused-ring (bicyclic) bond motifs is 2. The van der Waals surface area contributed by atoms with Gasteiger partial charge in [0, 0.05) is 31.8 Å². The summed E-state index contributed by atoms with van der Waals surface area (Å²) < 4.78 is 0. The molecule has 1 aliphatic carbocycles. The van der Waals surface area contributed by atoms with E-state index < -0.39 is 0 Å². The Morgan fingerprint density at radius 1 is 1.00 bits per heavy atom. The second kappa shape index (κ2) is 3.59. The number of ketones is 1. The number of rotatable bonds is 1. The molecule has 0 saturated carbocycles. The van der Waals surface area contributed by atoms with Crippen LogP contribution in [0.1, 0.15) is 22.3 Å². The van der Waals surface area contributed by atoms with Crippen molar-refractivity contribution in [3.8, 4) is 0 Å². The molecule has 2 aromatic rings. The van der Waals surface area contributed by atoms with Gasteiger partial charge in [0.2, 0.25) is 0 Å². The first-order valence-corrected chi connectivity index (χ1v) is 5.92. The summed E-state index contributed by atoms with van der Waals surface area (Å²) in [4.78, 5) is 13.8. The van der Waals surface area contributed by atoms with E-state index in [0.717, 1.165) is 17.4 Å². The lowest BCUT2D eigenvalue weighted by Crippen LogP contribution is -2.08. The summed E-state index contributed by atoms with van der Waals surface area (Å²) in [5.41, 5.74) is 3.30. The molecule has 3 rings (SSSR count). The Hall–Kier alpha value is -1.83. The predicted molar refractivity (Wildman–Crippen MR) is 70.9 cm³/mol. The molecule has 17 heavy (non-hydrogen) atoms. The normalized spacial score (nSPS) is 14.1. The quantitative estimate of drug-likeness (QED) is 0.743. The zero-order valence-electron chi connectivity index (χ0n) is 10.2. The monoisotopic (exact) mass is 225 g/mol. The fourth-order valence-electron chi connectivity index (χ4n) is 2.46. The Balaban J connectivity index is 2.24. The minimum absolute atomic E-state index is 0.289. The molecule has 2 nitrogen and oxygen atoms in total. The van der Waals surface area contributed by atoms with E-state index in [4.69, 9.17) is 0 Å². The van der Waals surface area contributed by atoms with E-state index >= 15 is 0 Å². The Bertz CT molecular complexity index is 614. The first kappa shape index (κ1) is 10.3. The van der Waals surface area contributed by atoms with Crippen molar-refractivity contribution in [2.75, 3.05) is 19.0 Å². The molecule has 0 bridgehead atoms. The van der Waals surface area contributed by atoms with Gasteiger partial charge in [0.05, 0.1) is 0 Å². The molecule has 1 aliphatic rings. The third-order valence-electron chi connectivity index (χ3n) is 3.48. The molecule has 0 heterocycles. The van der Waals surface area contributed by atoms with Gasteiger partial charge in [-0.25, -0.2) is 0 Å². The van der Waals surface area contributed by atoms with Crippen LogP contribution in [0.15, 0.2) is 30.3 Å². The molecule has 2 aromatic carbocycles. The molecule has 0 amide bonds. The summed E-state index contributed by atoms with van der Waals surface area (Å²) in [6.45, 7) is 0. The van der Waals surface area contributed by atoms with E-state index in [9.17, 15) is 4.79 Å². The Kier molecular flexibility index (Phi) is 2.18. The molecule has 0 atom stereocenters. The largest absolute Gasteiger partial charge is 0.378 e. The van der Waals surface area contributed by atoms with E-state index in [0.29, 0.717) is 6.42 Å². The topological polar surface area (TPSA) is 20.3 Å². The number of nitrogens with zero attached hydrogens (tertiary/aromatic N) is 1. The van der Waals surface area contributed by atoms with Gasteiger partial charge in [0.15, 0.2) is 5.78 Å². The summed E-state index contributed by atoms with van der Waals surface area (Å²) in [5, 5.41) is 2.38. The fraction of sp³-hybridized carbons (Fsp3) is 0.267. The first-order chi connectivity index (χ1) is 8.15. The van der Waals surface area contributed by atoms with Crippen molar-refractivity contribution >= 4 is 22.2 Å². The second-order valence-corrected chi connectivity index (χ2v) is 4.86. The van der Waals surface area contributed by atoms with Gasteiger partial charge in [0.25, 0.3) is 0 Å². The fourth-order valence-corrected chi connectivity index (χ4v) is 2.46. The van der Waals surface area contributed by atoms with Crippen molar-refractivity contribution in [3.05, 3.63) is 41.5 Å². The molecule has 0 fully saturated rings. The van der Waals surface area contributed by atoms with Crippen LogP contribution in [-0.4, -0.2) is 19.9 Å². The van der Waals surface area contributed by atoms with Crippen LogP contribution in [0.25, 0.3) is 10.8 Å². The van der Waals surface area contributed by atoms with E-state index in [-0.39, 0.29) is 5.78 Å². The average Bonchev–Trinajstić information content (AvgIpc) is 2.67. The lowest BCUT2D eigenvalue weighted by atomic mass is 10.0. The summed E-state index contributed by atoms with van der Waals surface area (Å²) in [6, 6.07) is 10.6. The molecule has 0 aliphatic heterocycles. The van der Waals surface area contributed by atoms with Gasteiger partial charge < -0.3 is 4.90 Å². The third kappa shape index (κ3) is 1.60. The Labute approximate surface area is 101 Å². The molecule has 86 valence electrons. The van der Waals surface area contributed by atoms with Crippen LogP contribution in [-0.2, 0) is 6.42 Å². The number of Topliss-reactive ketones (excluding diaryl/α,β-unsaturated/α-hetero) is 1. The summed E-state index contributed by atoms with van der Waals surface area (Å²) in [5.74, 6) is 0.289. The Morgan fingerprint density at radius 2 is 1.82 bits per heavy atom. The molecule has 0 aromatic heterocycles. The van der Waals surface area contributed by atoms with E-state index in [1.807, 2.05) is 20.2 Å². The van der Waals surface area contributed by atoms with Crippen LogP contribution in [0.5, 0.6) is 0 Å². The lowest BCUT2D eigenvalue weighted by molar-refractivity contribution is 0.0994. The maximum Gasteiger partial charge on any atom is 0.163 e. The zero-order chi connectivity index (χ0) is 12.0. The van der Waals surface area contributed by atoms with Crippen molar-refractivity contribution in [1.82, 2.24) is 0 Å². The Morgan fingerprint density at radius 3 is 2.59 bits per heavy atom. The van der Waals surface area contributed by atoms with Crippen LogP contribution < -0.4 is 4.90 Å². The van der Waals surface area contributed by atoms with E-state index in [1.165, 1.54) is 16.6 Å². The number of carbonyl (C=O) groups is 1. The highest BCUT2D eigenvalue weighted by molar-refractivity contribution is 6.04. The van der Waals surface area contributed by atoms with Gasteiger partial charge in [0.1, 0.15) is 0 Å². The second-order valence-electron chi connectivity index (χ2n) is 4.86. The van der Waals surface area contributed by atoms with Crippen LogP contribution in [0.2, 0.25) is 0 Å². The molecular formula is C15H15NO. The number of hydrogen-bond donors (Lipinski definition) is 0. The van der Waals surface area contributed by atoms with Crippen LogP contribution in [0, 0.1) is 0 Å². The standard InChI is InChI=1S/C15H15NO/c1-16(2)13-5-3-10-7-11-4-6-15(17)14(11)9-12(10)8-13/h3,5,7-9H,4,6H2,1-2H3. The minimum Gasteiger partial charge on any atom is -0.378 e. The van der Waals surface area contributed by atoms with Gasteiger partial charge in [-0.2, -0.15) is 0 Å². The minimum atomic E-state index is 0.289. The number of aryl methyl sites for hydroxylation is 1. The highest BCUT2D eigenvalue weighted by atomic mass is 16.1. The number of hydrogen-bond acceptors (Lipinski definition) is 2. The van der Waals surface area contributed by atoms with Crippen LogP contribution >= 0.6 is 0 Å². The molecular weight excluding hydrogens is 210 g/mol. The highest BCUT2D eigenvalue weighted by Gasteiger charge is 2.19. The number of benzene rings is 2. The van der Waals surface area contributed by atoms with Crippen molar-refractivity contribution < 1.29 is 4.79 Å².